The van der Waals surface area contributed by atoms with Crippen LogP contribution in [0.15, 0.2) is 36.7 Å². The fraction of sp³-hybridized carbons (Fsp3) is 0.267. The van der Waals surface area contributed by atoms with Gasteiger partial charge in [0.1, 0.15) is 12.1 Å². The molecule has 0 saturated carbocycles. The van der Waals surface area contributed by atoms with Gasteiger partial charge in [-0.15, -0.1) is 0 Å². The predicted molar refractivity (Wildman–Crippen MR) is 77.5 cm³/mol. The Bertz CT molecular complexity index is 637. The highest BCUT2D eigenvalue weighted by Crippen LogP contribution is 2.21. The summed E-state index contributed by atoms with van der Waals surface area (Å²) in [6.07, 6.45) is 1.53. The first-order chi connectivity index (χ1) is 10.2. The first-order valence-corrected chi connectivity index (χ1v) is 6.72. The fourth-order valence-corrected chi connectivity index (χ4v) is 2.25. The molecule has 2 aromatic rings. The van der Waals surface area contributed by atoms with E-state index in [4.69, 9.17) is 9.84 Å². The van der Waals surface area contributed by atoms with E-state index in [-0.39, 0.29) is 5.56 Å². The van der Waals surface area contributed by atoms with Crippen LogP contribution in [0.25, 0.3) is 11.3 Å². The van der Waals surface area contributed by atoms with Gasteiger partial charge in [-0.3, -0.25) is 0 Å². The minimum atomic E-state index is -0.932. The van der Waals surface area contributed by atoms with Crippen LogP contribution in [0.1, 0.15) is 10.4 Å². The number of ether oxygens (including phenoxy) is 1. The molecule has 1 aromatic heterocycles. The van der Waals surface area contributed by atoms with Gasteiger partial charge in [0.25, 0.3) is 0 Å². The Labute approximate surface area is 122 Å². The monoisotopic (exact) mass is 285 g/mol. The van der Waals surface area contributed by atoms with Crippen molar-refractivity contribution in [3.63, 3.8) is 0 Å². The standard InChI is InChI=1S/C15H15N3O3/c19-15(20)12-3-1-11(2-4-12)13-9-14(17-10-16-13)18-5-7-21-8-6-18/h1-4,9-10H,5-8H2,(H,19,20). The number of hydrogen-bond donors (Lipinski definition) is 1. The van der Waals surface area contributed by atoms with Crippen LogP contribution in [-0.4, -0.2) is 47.3 Å². The van der Waals surface area contributed by atoms with Gasteiger partial charge in [-0.1, -0.05) is 12.1 Å². The van der Waals surface area contributed by atoms with Gasteiger partial charge < -0.3 is 14.7 Å². The number of aromatic carboxylic acids is 1. The lowest BCUT2D eigenvalue weighted by atomic mass is 10.1. The molecule has 1 aliphatic rings. The number of carboxylic acids is 1. The Morgan fingerprint density at radius 1 is 1.14 bits per heavy atom. The normalized spacial score (nSPS) is 15.0. The Morgan fingerprint density at radius 3 is 2.52 bits per heavy atom. The van der Waals surface area contributed by atoms with Crippen molar-refractivity contribution >= 4 is 11.8 Å². The Kier molecular flexibility index (Phi) is 3.79. The molecule has 0 bridgehead atoms. The second kappa shape index (κ2) is 5.88. The van der Waals surface area contributed by atoms with Crippen LogP contribution < -0.4 is 4.90 Å². The molecule has 1 fully saturated rings. The van der Waals surface area contributed by atoms with Crippen LogP contribution in [0.4, 0.5) is 5.82 Å². The van der Waals surface area contributed by atoms with E-state index in [0.717, 1.165) is 30.2 Å². The van der Waals surface area contributed by atoms with Gasteiger partial charge in [-0.25, -0.2) is 14.8 Å². The fourth-order valence-electron chi connectivity index (χ4n) is 2.25. The maximum Gasteiger partial charge on any atom is 0.335 e. The highest BCUT2D eigenvalue weighted by Gasteiger charge is 2.13. The zero-order valence-corrected chi connectivity index (χ0v) is 11.4. The van der Waals surface area contributed by atoms with Crippen LogP contribution in [0.3, 0.4) is 0 Å². The summed E-state index contributed by atoms with van der Waals surface area (Å²) in [5.74, 6) is -0.0659. The summed E-state index contributed by atoms with van der Waals surface area (Å²) in [5.41, 5.74) is 1.92. The number of aromatic nitrogens is 2. The number of benzene rings is 1. The predicted octanol–water partition coefficient (Wildman–Crippen LogP) is 1.68. The molecule has 1 N–H and O–H groups in total. The highest BCUT2D eigenvalue weighted by atomic mass is 16.5. The van der Waals surface area contributed by atoms with Crippen molar-refractivity contribution in [3.8, 4) is 11.3 Å². The first-order valence-electron chi connectivity index (χ1n) is 6.72. The van der Waals surface area contributed by atoms with E-state index in [1.807, 2.05) is 6.07 Å². The first kappa shape index (κ1) is 13.5. The van der Waals surface area contributed by atoms with Gasteiger partial charge in [-0.2, -0.15) is 0 Å². The molecule has 6 nitrogen and oxygen atoms in total. The molecule has 0 amide bonds. The summed E-state index contributed by atoms with van der Waals surface area (Å²) in [6.45, 7) is 3.03. The van der Waals surface area contributed by atoms with Gasteiger partial charge in [0, 0.05) is 24.7 Å². The van der Waals surface area contributed by atoms with E-state index in [1.165, 1.54) is 6.33 Å². The van der Waals surface area contributed by atoms with Gasteiger partial charge in [0.15, 0.2) is 0 Å². The van der Waals surface area contributed by atoms with Crippen molar-refractivity contribution in [1.82, 2.24) is 9.97 Å². The number of carbonyl (C=O) groups is 1. The molecule has 21 heavy (non-hydrogen) atoms. The van der Waals surface area contributed by atoms with Crippen molar-refractivity contribution in [2.24, 2.45) is 0 Å². The molecule has 0 radical (unpaired) electrons. The molecule has 108 valence electrons. The molecule has 0 aliphatic carbocycles. The largest absolute Gasteiger partial charge is 0.478 e. The lowest BCUT2D eigenvalue weighted by Gasteiger charge is -2.27. The van der Waals surface area contributed by atoms with E-state index >= 15 is 0 Å². The van der Waals surface area contributed by atoms with Crippen LogP contribution in [0.2, 0.25) is 0 Å². The van der Waals surface area contributed by atoms with Gasteiger partial charge >= 0.3 is 5.97 Å². The summed E-state index contributed by atoms with van der Waals surface area (Å²) >= 11 is 0. The Hall–Kier alpha value is -2.47. The lowest BCUT2D eigenvalue weighted by Crippen LogP contribution is -2.36. The molecule has 1 aliphatic heterocycles. The molecule has 0 atom stereocenters. The molecule has 1 saturated heterocycles. The highest BCUT2D eigenvalue weighted by molar-refractivity contribution is 5.88. The van der Waals surface area contributed by atoms with Crippen molar-refractivity contribution < 1.29 is 14.6 Å². The second-order valence-electron chi connectivity index (χ2n) is 4.74. The average Bonchev–Trinajstić information content (AvgIpc) is 2.56. The van der Waals surface area contributed by atoms with E-state index < -0.39 is 5.97 Å². The third-order valence-corrected chi connectivity index (χ3v) is 3.42. The zero-order chi connectivity index (χ0) is 14.7. The van der Waals surface area contributed by atoms with E-state index in [1.54, 1.807) is 24.3 Å². The number of rotatable bonds is 3. The maximum absolute atomic E-state index is 10.9. The van der Waals surface area contributed by atoms with E-state index in [0.29, 0.717) is 13.2 Å². The molecular weight excluding hydrogens is 270 g/mol. The van der Waals surface area contributed by atoms with Gasteiger partial charge in [0.2, 0.25) is 0 Å². The third kappa shape index (κ3) is 3.00. The molecule has 1 aromatic carbocycles. The molecule has 3 rings (SSSR count). The van der Waals surface area contributed by atoms with Crippen molar-refractivity contribution in [1.29, 1.82) is 0 Å². The SMILES string of the molecule is O=C(O)c1ccc(-c2cc(N3CCOCC3)ncn2)cc1. The molecule has 6 heteroatoms. The van der Waals surface area contributed by atoms with Crippen molar-refractivity contribution in [2.45, 2.75) is 0 Å². The smallest absolute Gasteiger partial charge is 0.335 e. The minimum Gasteiger partial charge on any atom is -0.478 e. The molecule has 2 heterocycles. The Morgan fingerprint density at radius 2 is 1.86 bits per heavy atom. The number of hydrogen-bond acceptors (Lipinski definition) is 5. The summed E-state index contributed by atoms with van der Waals surface area (Å²) in [7, 11) is 0. The van der Waals surface area contributed by atoms with E-state index in [2.05, 4.69) is 14.9 Å². The maximum atomic E-state index is 10.9. The zero-order valence-electron chi connectivity index (χ0n) is 11.4. The second-order valence-corrected chi connectivity index (χ2v) is 4.74. The van der Waals surface area contributed by atoms with Crippen LogP contribution in [-0.2, 0) is 4.74 Å². The number of morpholine rings is 1. The average molecular weight is 285 g/mol. The van der Waals surface area contributed by atoms with Crippen molar-refractivity contribution in [2.75, 3.05) is 31.2 Å². The number of nitrogens with zero attached hydrogens (tertiary/aromatic N) is 3. The van der Waals surface area contributed by atoms with Crippen LogP contribution >= 0.6 is 0 Å². The number of carboxylic acid groups (broad SMARTS) is 1. The number of anilines is 1. The van der Waals surface area contributed by atoms with Crippen LogP contribution in [0.5, 0.6) is 0 Å². The summed E-state index contributed by atoms with van der Waals surface area (Å²) in [6, 6.07) is 8.59. The summed E-state index contributed by atoms with van der Waals surface area (Å²) < 4.78 is 5.33. The minimum absolute atomic E-state index is 0.265. The summed E-state index contributed by atoms with van der Waals surface area (Å²) in [5, 5.41) is 8.92. The topological polar surface area (TPSA) is 75.5 Å². The lowest BCUT2D eigenvalue weighted by molar-refractivity contribution is 0.0697. The molecular formula is C15H15N3O3. The summed E-state index contributed by atoms with van der Waals surface area (Å²) in [4.78, 5) is 21.6. The van der Waals surface area contributed by atoms with Gasteiger partial charge in [-0.05, 0) is 12.1 Å². The van der Waals surface area contributed by atoms with E-state index in [9.17, 15) is 4.79 Å². The third-order valence-electron chi connectivity index (χ3n) is 3.42. The molecule has 0 spiro atoms. The molecule has 0 unspecified atom stereocenters. The quantitative estimate of drug-likeness (QED) is 0.924. The van der Waals surface area contributed by atoms with Crippen molar-refractivity contribution in [3.05, 3.63) is 42.2 Å². The van der Waals surface area contributed by atoms with Crippen LogP contribution in [0, 0.1) is 0 Å². The van der Waals surface area contributed by atoms with Gasteiger partial charge in [0.05, 0.1) is 24.5 Å². The Balaban J connectivity index is 1.86.